The molecule has 9 heteroatoms. The number of alkyl carbamates (subject to hydrolysis) is 1. The smallest absolute Gasteiger partial charge is 0.409 e. The normalized spacial score (nSPS) is 11.5. The summed E-state index contributed by atoms with van der Waals surface area (Å²) in [5.74, 6) is 1.44. The molecule has 0 bridgehead atoms. The molecular weight excluding hydrogens is 627 g/mol. The number of nitrogens with one attached hydrogen (secondary N) is 1. The van der Waals surface area contributed by atoms with Crippen molar-refractivity contribution < 1.29 is 19.1 Å². The van der Waals surface area contributed by atoms with Crippen LogP contribution in [0.5, 0.6) is 0 Å². The minimum atomic E-state index is -0.359. The van der Waals surface area contributed by atoms with E-state index in [1.54, 1.807) is 21.6 Å². The van der Waals surface area contributed by atoms with E-state index in [-0.39, 0.29) is 12.2 Å². The Kier molecular flexibility index (Phi) is 34.4. The number of amides is 2. The van der Waals surface area contributed by atoms with E-state index in [1.807, 2.05) is 4.90 Å². The summed E-state index contributed by atoms with van der Waals surface area (Å²) in [6.45, 7) is 17.0. The molecule has 0 aromatic carbocycles. The van der Waals surface area contributed by atoms with Gasteiger partial charge in [0.2, 0.25) is 0 Å². The van der Waals surface area contributed by atoms with Crippen LogP contribution in [-0.4, -0.2) is 85.0 Å². The van der Waals surface area contributed by atoms with E-state index in [4.69, 9.17) is 9.47 Å². The van der Waals surface area contributed by atoms with Gasteiger partial charge in [0.25, 0.3) is 0 Å². The van der Waals surface area contributed by atoms with Crippen LogP contribution in [0.25, 0.3) is 0 Å². The molecule has 0 aromatic rings. The Bertz CT molecular complexity index is 668. The lowest BCUT2D eigenvalue weighted by molar-refractivity contribution is 0.106. The zero-order valence-electron chi connectivity index (χ0n) is 31.8. The molecule has 0 radical (unpaired) electrons. The number of hydrogen-bond acceptors (Lipinski definition) is 7. The lowest BCUT2D eigenvalue weighted by Gasteiger charge is -2.30. The Morgan fingerprint density at radius 3 is 1.34 bits per heavy atom. The Morgan fingerprint density at radius 2 is 0.936 bits per heavy atom. The number of ether oxygens (including phenoxy) is 2. The fraction of sp³-hybridized carbons (Fsp3) is 0.947. The van der Waals surface area contributed by atoms with Gasteiger partial charge in [-0.25, -0.2) is 9.59 Å². The van der Waals surface area contributed by atoms with E-state index in [0.29, 0.717) is 37.6 Å². The average molecular weight is 704 g/mol. The predicted molar refractivity (Wildman–Crippen MR) is 208 cm³/mol. The molecule has 0 spiro atoms. The van der Waals surface area contributed by atoms with Crippen molar-refractivity contribution >= 4 is 33.8 Å². The van der Waals surface area contributed by atoms with Gasteiger partial charge >= 0.3 is 12.2 Å². The third kappa shape index (κ3) is 31.0. The molecule has 0 unspecified atom stereocenters. The second kappa shape index (κ2) is 35.0. The first-order valence-corrected chi connectivity index (χ1v) is 22.1. The van der Waals surface area contributed by atoms with Crippen LogP contribution in [0, 0.1) is 0 Å². The maximum absolute atomic E-state index is 13.0. The van der Waals surface area contributed by atoms with Gasteiger partial charge in [-0.15, -0.1) is 0 Å². The van der Waals surface area contributed by atoms with Gasteiger partial charge in [-0.1, -0.05) is 151 Å². The summed E-state index contributed by atoms with van der Waals surface area (Å²) in [5.41, 5.74) is 0. The number of nitrogens with zero attached hydrogens (tertiary/aromatic N) is 2. The Hall–Kier alpha value is -0.800. The topological polar surface area (TPSA) is 71.1 Å². The first-order valence-electron chi connectivity index (χ1n) is 19.7. The molecule has 0 aliphatic heterocycles. The molecule has 0 rings (SSSR count). The Labute approximate surface area is 300 Å². The summed E-state index contributed by atoms with van der Waals surface area (Å²) in [6.07, 6.45) is 25.5. The number of carbonyl (C=O) groups excluding carboxylic acids is 2. The minimum absolute atomic E-state index is 0.157. The maximum Gasteiger partial charge on any atom is 0.409 e. The molecule has 0 aromatic heterocycles. The van der Waals surface area contributed by atoms with Gasteiger partial charge < -0.3 is 19.7 Å². The molecule has 2 amide bonds. The van der Waals surface area contributed by atoms with Gasteiger partial charge in [0.05, 0.1) is 0 Å². The van der Waals surface area contributed by atoms with E-state index < -0.39 is 0 Å². The van der Waals surface area contributed by atoms with Crippen LogP contribution in [0.15, 0.2) is 0 Å². The lowest BCUT2D eigenvalue weighted by Crippen LogP contribution is -2.42. The van der Waals surface area contributed by atoms with Gasteiger partial charge in [0.15, 0.2) is 0 Å². The zero-order chi connectivity index (χ0) is 34.8. The SMILES string of the molecule is CCCCCCCCCCCCN(CCCCCCCCCCCC)C(=O)OCCSSCCOC(=O)NCCN(C(C)C)C(C)C. The molecule has 0 saturated carbocycles. The highest BCUT2D eigenvalue weighted by Crippen LogP contribution is 2.20. The highest BCUT2D eigenvalue weighted by molar-refractivity contribution is 8.76. The molecule has 0 aliphatic carbocycles. The number of hydrogen-bond donors (Lipinski definition) is 1. The molecule has 0 fully saturated rings. The molecular formula is C38H77N3O4S2. The third-order valence-electron chi connectivity index (χ3n) is 8.66. The quantitative estimate of drug-likeness (QED) is 0.0528. The van der Waals surface area contributed by atoms with Crippen LogP contribution in [0.1, 0.15) is 170 Å². The van der Waals surface area contributed by atoms with Crippen LogP contribution >= 0.6 is 21.6 Å². The summed E-state index contributed by atoms with van der Waals surface area (Å²) < 4.78 is 11.0. The van der Waals surface area contributed by atoms with Gasteiger partial charge in [0, 0.05) is 49.8 Å². The lowest BCUT2D eigenvalue weighted by atomic mass is 10.1. The second-order valence-corrected chi connectivity index (χ2v) is 16.3. The fourth-order valence-corrected chi connectivity index (χ4v) is 7.52. The minimum Gasteiger partial charge on any atom is -0.449 e. The number of carbonyl (C=O) groups is 2. The summed E-state index contributed by atoms with van der Waals surface area (Å²) in [6, 6.07) is 0.885. The van der Waals surface area contributed by atoms with E-state index in [2.05, 4.69) is 51.8 Å². The van der Waals surface area contributed by atoms with Gasteiger partial charge in [-0.2, -0.15) is 0 Å². The molecule has 0 aliphatic rings. The van der Waals surface area contributed by atoms with E-state index >= 15 is 0 Å². The molecule has 1 N–H and O–H groups in total. The summed E-state index contributed by atoms with van der Waals surface area (Å²) in [5, 5.41) is 2.85. The van der Waals surface area contributed by atoms with Crippen molar-refractivity contribution in [1.82, 2.24) is 15.1 Å². The molecule has 7 nitrogen and oxygen atoms in total. The monoisotopic (exact) mass is 704 g/mol. The van der Waals surface area contributed by atoms with Crippen LogP contribution in [-0.2, 0) is 9.47 Å². The Morgan fingerprint density at radius 1 is 0.553 bits per heavy atom. The third-order valence-corrected chi connectivity index (χ3v) is 11.0. The zero-order valence-corrected chi connectivity index (χ0v) is 33.4. The van der Waals surface area contributed by atoms with Gasteiger partial charge in [-0.05, 0) is 40.5 Å². The molecule has 0 saturated heterocycles. The van der Waals surface area contributed by atoms with E-state index in [0.717, 1.165) is 38.2 Å². The highest BCUT2D eigenvalue weighted by atomic mass is 33.1. The predicted octanol–water partition coefficient (Wildman–Crippen LogP) is 11.5. The summed E-state index contributed by atoms with van der Waals surface area (Å²) in [4.78, 5) is 29.2. The van der Waals surface area contributed by atoms with Crippen LogP contribution < -0.4 is 5.32 Å². The molecule has 0 atom stereocenters. The molecule has 47 heavy (non-hydrogen) atoms. The summed E-state index contributed by atoms with van der Waals surface area (Å²) in [7, 11) is 3.31. The van der Waals surface area contributed by atoms with Crippen molar-refractivity contribution in [3.63, 3.8) is 0 Å². The van der Waals surface area contributed by atoms with E-state index in [9.17, 15) is 9.59 Å². The number of unbranched alkanes of at least 4 members (excludes halogenated alkanes) is 18. The maximum atomic E-state index is 13.0. The molecule has 0 heterocycles. The van der Waals surface area contributed by atoms with Crippen LogP contribution in [0.2, 0.25) is 0 Å². The highest BCUT2D eigenvalue weighted by Gasteiger charge is 2.15. The first kappa shape index (κ1) is 46.2. The standard InChI is InChI=1S/C38H77N3O4S2/c1-7-9-11-13-15-17-19-21-23-25-28-40(29-26-24-22-20-18-16-14-12-10-8-2)38(43)45-32-34-47-46-33-31-44-37(42)39-27-30-41(35(3)4)36(5)6/h35-36H,7-34H2,1-6H3,(H,39,42). The summed E-state index contributed by atoms with van der Waals surface area (Å²) >= 11 is 0. The van der Waals surface area contributed by atoms with Crippen molar-refractivity contribution in [1.29, 1.82) is 0 Å². The second-order valence-electron chi connectivity index (χ2n) is 13.6. The first-order chi connectivity index (χ1) is 22.8. The largest absolute Gasteiger partial charge is 0.449 e. The van der Waals surface area contributed by atoms with Crippen molar-refractivity contribution in [2.24, 2.45) is 0 Å². The van der Waals surface area contributed by atoms with Gasteiger partial charge in [-0.3, -0.25) is 4.90 Å². The fourth-order valence-electron chi connectivity index (χ4n) is 5.87. The van der Waals surface area contributed by atoms with Crippen LogP contribution in [0.3, 0.4) is 0 Å². The van der Waals surface area contributed by atoms with E-state index in [1.165, 1.54) is 116 Å². The average Bonchev–Trinajstić information content (AvgIpc) is 3.04. The van der Waals surface area contributed by atoms with Gasteiger partial charge in [0.1, 0.15) is 13.2 Å². The van der Waals surface area contributed by atoms with Crippen LogP contribution in [0.4, 0.5) is 9.59 Å². The van der Waals surface area contributed by atoms with Crippen molar-refractivity contribution in [2.75, 3.05) is 50.9 Å². The van der Waals surface area contributed by atoms with Crippen molar-refractivity contribution in [3.05, 3.63) is 0 Å². The van der Waals surface area contributed by atoms with Crippen molar-refractivity contribution in [2.45, 2.75) is 182 Å². The van der Waals surface area contributed by atoms with Crippen molar-refractivity contribution in [3.8, 4) is 0 Å². The molecule has 280 valence electrons. The Balaban J connectivity index is 4.17. The number of rotatable bonds is 34.